The predicted octanol–water partition coefficient (Wildman–Crippen LogP) is 3.96. The summed E-state index contributed by atoms with van der Waals surface area (Å²) < 4.78 is 7.55. The number of aromatic nitrogens is 3. The Morgan fingerprint density at radius 2 is 1.77 bits per heavy atom. The maximum absolute atomic E-state index is 13.6. The highest BCUT2D eigenvalue weighted by Crippen LogP contribution is 2.41. The Morgan fingerprint density at radius 3 is 2.42 bits per heavy atom. The maximum atomic E-state index is 13.6. The Labute approximate surface area is 346 Å². The van der Waals surface area contributed by atoms with E-state index in [0.717, 1.165) is 5.39 Å². The van der Waals surface area contributed by atoms with Crippen molar-refractivity contribution in [2.45, 2.75) is 90.6 Å². The van der Waals surface area contributed by atoms with E-state index < -0.39 is 46.9 Å². The molecule has 0 spiro atoms. The number of imidazole rings is 1. The van der Waals surface area contributed by atoms with E-state index in [9.17, 15) is 29.1 Å². The van der Waals surface area contributed by atoms with Crippen LogP contribution < -0.4 is 32.7 Å². The topological polar surface area (TPSA) is 298 Å². The van der Waals surface area contributed by atoms with Crippen molar-refractivity contribution in [2.75, 3.05) is 37.2 Å². The fraction of sp³-hybridized carbons (Fsp3) is 0.475. The fourth-order valence-electron chi connectivity index (χ4n) is 6.95. The number of azide groups is 1. The number of hydrogen-bond donors (Lipinski definition) is 7. The summed E-state index contributed by atoms with van der Waals surface area (Å²) in [7, 11) is 0. The molecule has 6 amide bonds. The van der Waals surface area contributed by atoms with Crippen LogP contribution in [0, 0.1) is 5.41 Å². The maximum Gasteiger partial charge on any atom is 0.410 e. The SMILES string of the molecule is CCN(Cc1nc2c(N)nc3ccccc3c2n1CC(C)(C)O)C(=O)OCc1ccc(NC(=O)[C@H](CCCNC(N)=O)NC(=O)C2(C(=O)NCCCN=[N+]=[N-])CCC2)cc1. The van der Waals surface area contributed by atoms with Crippen molar-refractivity contribution in [3.63, 3.8) is 0 Å². The van der Waals surface area contributed by atoms with E-state index in [4.69, 9.17) is 26.7 Å². The number of nitrogens with one attached hydrogen (secondary N) is 4. The molecule has 0 unspecified atom stereocenters. The molecule has 2 aromatic heterocycles. The molecule has 20 heteroatoms. The van der Waals surface area contributed by atoms with Crippen LogP contribution in [-0.4, -0.2) is 92.2 Å². The first-order chi connectivity index (χ1) is 28.7. The van der Waals surface area contributed by atoms with Crippen molar-refractivity contribution in [1.29, 1.82) is 0 Å². The third-order valence-corrected chi connectivity index (χ3v) is 10.2. The zero-order chi connectivity index (χ0) is 43.5. The van der Waals surface area contributed by atoms with Crippen molar-refractivity contribution >= 4 is 63.3 Å². The molecule has 2 aromatic carbocycles. The molecule has 2 heterocycles. The lowest BCUT2D eigenvalue weighted by Crippen LogP contribution is -2.58. The van der Waals surface area contributed by atoms with Gasteiger partial charge in [-0.3, -0.25) is 14.4 Å². The smallest absolute Gasteiger partial charge is 0.410 e. The van der Waals surface area contributed by atoms with E-state index in [-0.39, 0.29) is 51.6 Å². The molecular weight excluding hydrogens is 775 g/mol. The number of ether oxygens (including phenoxy) is 1. The summed E-state index contributed by atoms with van der Waals surface area (Å²) >= 11 is 0. The van der Waals surface area contributed by atoms with Gasteiger partial charge in [0, 0.05) is 42.2 Å². The first-order valence-electron chi connectivity index (χ1n) is 19.9. The molecule has 0 saturated heterocycles. The number of carbonyl (C=O) groups excluding carboxylic acids is 5. The first kappa shape index (κ1) is 44.4. The second-order valence-corrected chi connectivity index (χ2v) is 15.4. The number of amides is 6. The van der Waals surface area contributed by atoms with Crippen molar-refractivity contribution in [3.8, 4) is 0 Å². The minimum absolute atomic E-state index is 0.0692. The van der Waals surface area contributed by atoms with Gasteiger partial charge in [0.2, 0.25) is 17.7 Å². The number of pyridine rings is 1. The van der Waals surface area contributed by atoms with Gasteiger partial charge in [0.25, 0.3) is 0 Å². The lowest BCUT2D eigenvalue weighted by molar-refractivity contribution is -0.150. The molecule has 60 heavy (non-hydrogen) atoms. The summed E-state index contributed by atoms with van der Waals surface area (Å²) in [6.45, 7) is 6.25. The van der Waals surface area contributed by atoms with Crippen LogP contribution in [-0.2, 0) is 38.8 Å². The quantitative estimate of drug-likeness (QED) is 0.0221. The van der Waals surface area contributed by atoms with Crippen LogP contribution >= 0.6 is 0 Å². The monoisotopic (exact) mass is 827 g/mol. The predicted molar refractivity (Wildman–Crippen MR) is 224 cm³/mol. The largest absolute Gasteiger partial charge is 0.445 e. The summed E-state index contributed by atoms with van der Waals surface area (Å²) in [6, 6.07) is 12.4. The number of aliphatic hydroxyl groups is 1. The molecule has 1 aliphatic carbocycles. The zero-order valence-electron chi connectivity index (χ0n) is 34.1. The lowest BCUT2D eigenvalue weighted by atomic mass is 9.67. The van der Waals surface area contributed by atoms with Gasteiger partial charge in [-0.25, -0.2) is 19.6 Å². The normalized spacial score (nSPS) is 13.7. The van der Waals surface area contributed by atoms with Crippen LogP contribution in [0.1, 0.15) is 70.7 Å². The van der Waals surface area contributed by atoms with Gasteiger partial charge >= 0.3 is 12.1 Å². The van der Waals surface area contributed by atoms with Gasteiger partial charge in [0.15, 0.2) is 5.82 Å². The third kappa shape index (κ3) is 11.1. The zero-order valence-corrected chi connectivity index (χ0v) is 34.1. The number of nitrogens with zero attached hydrogens (tertiary/aromatic N) is 7. The third-order valence-electron chi connectivity index (χ3n) is 10.2. The Bertz CT molecular complexity index is 2240. The number of hydrogen-bond acceptors (Lipinski definition) is 11. The Kier molecular flexibility index (Phi) is 14.7. The first-order valence-corrected chi connectivity index (χ1v) is 19.9. The molecule has 20 nitrogen and oxygen atoms in total. The summed E-state index contributed by atoms with van der Waals surface area (Å²) in [6.07, 6.45) is 1.54. The molecular formula is C40H53N13O7. The summed E-state index contributed by atoms with van der Waals surface area (Å²) in [5.74, 6) is -0.833. The number of urea groups is 1. The van der Waals surface area contributed by atoms with Crippen LogP contribution in [0.4, 0.5) is 21.1 Å². The highest BCUT2D eigenvalue weighted by molar-refractivity contribution is 6.08. The minimum atomic E-state index is -1.33. The van der Waals surface area contributed by atoms with Gasteiger partial charge in [-0.1, -0.05) is 41.9 Å². The highest BCUT2D eigenvalue weighted by Gasteiger charge is 2.51. The average Bonchev–Trinajstić information content (AvgIpc) is 3.53. The molecule has 4 aromatic rings. The number of carbonyl (C=O) groups is 5. The Hall–Kier alpha value is -6.66. The van der Waals surface area contributed by atoms with Crippen molar-refractivity contribution in [1.82, 2.24) is 35.4 Å². The van der Waals surface area contributed by atoms with Gasteiger partial charge < -0.3 is 52.0 Å². The molecule has 1 saturated carbocycles. The fourth-order valence-corrected chi connectivity index (χ4v) is 6.95. The summed E-state index contributed by atoms with van der Waals surface area (Å²) in [5, 5.41) is 25.9. The van der Waals surface area contributed by atoms with Crippen molar-refractivity contribution < 1.29 is 33.8 Å². The molecule has 1 fully saturated rings. The van der Waals surface area contributed by atoms with Crippen LogP contribution in [0.2, 0.25) is 0 Å². The average molecular weight is 828 g/mol. The van der Waals surface area contributed by atoms with Crippen LogP contribution in [0.15, 0.2) is 53.6 Å². The van der Waals surface area contributed by atoms with Gasteiger partial charge in [0.05, 0.1) is 29.7 Å². The molecule has 0 aliphatic heterocycles. The van der Waals surface area contributed by atoms with Crippen LogP contribution in [0.3, 0.4) is 0 Å². The molecule has 9 N–H and O–H groups in total. The number of nitrogen functional groups attached to an aromatic ring is 1. The van der Waals surface area contributed by atoms with Crippen molar-refractivity contribution in [2.24, 2.45) is 16.3 Å². The lowest BCUT2D eigenvalue weighted by Gasteiger charge is -2.39. The van der Waals surface area contributed by atoms with Crippen molar-refractivity contribution in [3.05, 3.63) is 70.4 Å². The number of fused-ring (bicyclic) bond motifs is 3. The molecule has 320 valence electrons. The highest BCUT2D eigenvalue weighted by atomic mass is 16.6. The standard InChI is InChI=1S/C40H53N13O7/c1-4-52(22-30-50-31-32(53(30)24-39(2,3)59)27-10-5-6-11-28(27)48-33(31)41)38(58)60-23-25-13-15-26(16-14-25)47-34(54)29(12-7-19-45-37(42)57)49-36(56)40(17-8-18-40)35(55)44-20-9-21-46-51-43/h5-6,10-11,13-16,29,59H,4,7-9,12,17-24H2,1-3H3,(H2,41,48)(H,44,55)(H,47,54)(H,49,56)(H3,42,45,57)/t29-/m0/s1. The Balaban J connectivity index is 1.22. The molecule has 0 radical (unpaired) electrons. The van der Waals surface area contributed by atoms with E-state index in [0.29, 0.717) is 72.3 Å². The van der Waals surface area contributed by atoms with E-state index in [1.165, 1.54) is 4.90 Å². The van der Waals surface area contributed by atoms with Gasteiger partial charge in [-0.05, 0) is 82.2 Å². The van der Waals surface area contributed by atoms with Gasteiger partial charge in [0.1, 0.15) is 29.4 Å². The van der Waals surface area contributed by atoms with E-state index in [1.807, 2.05) is 35.8 Å². The van der Waals surface area contributed by atoms with E-state index in [1.54, 1.807) is 38.1 Å². The number of para-hydroxylation sites is 1. The minimum Gasteiger partial charge on any atom is -0.445 e. The van der Waals surface area contributed by atoms with Gasteiger partial charge in [-0.15, -0.1) is 0 Å². The second kappa shape index (κ2) is 19.9. The number of benzene rings is 2. The molecule has 0 bridgehead atoms. The molecule has 5 rings (SSSR count). The Morgan fingerprint density at radius 1 is 1.05 bits per heavy atom. The van der Waals surface area contributed by atoms with Gasteiger partial charge in [-0.2, -0.15) is 0 Å². The molecule has 1 atom stereocenters. The number of anilines is 2. The number of primary amides is 1. The van der Waals surface area contributed by atoms with E-state index >= 15 is 0 Å². The summed E-state index contributed by atoms with van der Waals surface area (Å²) in [4.78, 5) is 78.3. The van der Waals surface area contributed by atoms with E-state index in [2.05, 4.69) is 36.3 Å². The summed E-state index contributed by atoms with van der Waals surface area (Å²) in [5.41, 5.74) is 20.4. The second-order valence-electron chi connectivity index (χ2n) is 15.4. The number of rotatable bonds is 20. The molecule has 1 aliphatic rings. The van der Waals surface area contributed by atoms with Crippen LogP contribution in [0.25, 0.3) is 32.4 Å². The number of nitrogens with two attached hydrogens (primary N) is 2. The van der Waals surface area contributed by atoms with Crippen LogP contribution in [0.5, 0.6) is 0 Å².